The molecule has 82 valence electrons. The Kier molecular flexibility index (Phi) is 3.23. The van der Waals surface area contributed by atoms with Crippen LogP contribution in [0.4, 0.5) is 21.6 Å². The van der Waals surface area contributed by atoms with E-state index in [1.54, 1.807) is 24.4 Å². The van der Waals surface area contributed by atoms with Crippen LogP contribution in [0.2, 0.25) is 0 Å². The fourth-order valence-corrected chi connectivity index (χ4v) is 1.82. The summed E-state index contributed by atoms with van der Waals surface area (Å²) in [6.07, 6.45) is 1.57. The molecule has 0 amide bonds. The average Bonchev–Trinajstić information content (AvgIpc) is 2.25. The number of aromatic nitrogens is 1. The van der Waals surface area contributed by atoms with Gasteiger partial charge in [0.15, 0.2) is 0 Å². The quantitative estimate of drug-likeness (QED) is 0.832. The van der Waals surface area contributed by atoms with E-state index >= 15 is 0 Å². The Morgan fingerprint density at radius 3 is 2.69 bits per heavy atom. The second-order valence-corrected chi connectivity index (χ2v) is 4.39. The molecular formula is C11H9FIN3. The van der Waals surface area contributed by atoms with Crippen molar-refractivity contribution in [1.82, 2.24) is 4.98 Å². The number of nitrogens with two attached hydrogens (primary N) is 1. The van der Waals surface area contributed by atoms with Crippen molar-refractivity contribution in [2.24, 2.45) is 0 Å². The number of hydrogen-bond acceptors (Lipinski definition) is 3. The molecule has 2 aromatic rings. The fourth-order valence-electron chi connectivity index (χ4n) is 1.21. The van der Waals surface area contributed by atoms with Crippen LogP contribution in [0.15, 0.2) is 36.5 Å². The van der Waals surface area contributed by atoms with Gasteiger partial charge in [0.2, 0.25) is 0 Å². The maximum absolute atomic E-state index is 12.9. The topological polar surface area (TPSA) is 50.9 Å². The highest BCUT2D eigenvalue weighted by Gasteiger charge is 2.02. The number of nitrogens with zero attached hydrogens (tertiary/aromatic N) is 1. The zero-order valence-corrected chi connectivity index (χ0v) is 10.4. The molecule has 0 atom stereocenters. The Labute approximate surface area is 106 Å². The molecule has 0 saturated heterocycles. The van der Waals surface area contributed by atoms with Gasteiger partial charge in [-0.2, -0.15) is 0 Å². The summed E-state index contributed by atoms with van der Waals surface area (Å²) in [6, 6.07) is 8.07. The molecule has 16 heavy (non-hydrogen) atoms. The maximum atomic E-state index is 12.9. The van der Waals surface area contributed by atoms with Gasteiger partial charge in [-0.1, -0.05) is 0 Å². The van der Waals surface area contributed by atoms with Gasteiger partial charge in [0, 0.05) is 3.57 Å². The summed E-state index contributed by atoms with van der Waals surface area (Å²) >= 11 is 2.06. The second-order valence-electron chi connectivity index (χ2n) is 3.23. The average molecular weight is 329 g/mol. The summed E-state index contributed by atoms with van der Waals surface area (Å²) in [5, 5.41) is 3.09. The molecule has 0 radical (unpaired) electrons. The van der Waals surface area contributed by atoms with Crippen LogP contribution in [-0.4, -0.2) is 4.98 Å². The van der Waals surface area contributed by atoms with Crippen LogP contribution in [0.1, 0.15) is 0 Å². The molecule has 0 bridgehead atoms. The van der Waals surface area contributed by atoms with E-state index < -0.39 is 0 Å². The number of halogens is 2. The van der Waals surface area contributed by atoms with E-state index in [1.165, 1.54) is 12.1 Å². The summed E-state index contributed by atoms with van der Waals surface area (Å²) in [5.74, 6) is 0.430. The third kappa shape index (κ3) is 2.60. The van der Waals surface area contributed by atoms with Crippen LogP contribution < -0.4 is 11.1 Å². The zero-order chi connectivity index (χ0) is 11.5. The number of pyridine rings is 1. The number of benzene rings is 1. The maximum Gasteiger partial charge on any atom is 0.130 e. The number of nitrogen functional groups attached to an aromatic ring is 1. The molecule has 0 spiro atoms. The minimum absolute atomic E-state index is 0.250. The van der Waals surface area contributed by atoms with Gasteiger partial charge in [-0.05, 0) is 52.9 Å². The van der Waals surface area contributed by atoms with Crippen molar-refractivity contribution in [2.75, 3.05) is 11.1 Å². The lowest BCUT2D eigenvalue weighted by Crippen LogP contribution is -1.96. The normalized spacial score (nSPS) is 10.1. The lowest BCUT2D eigenvalue weighted by molar-refractivity contribution is 0.627. The third-order valence-corrected chi connectivity index (χ3v) is 2.87. The van der Waals surface area contributed by atoms with Crippen molar-refractivity contribution < 1.29 is 4.39 Å². The van der Waals surface area contributed by atoms with Gasteiger partial charge < -0.3 is 11.1 Å². The molecule has 0 unspecified atom stereocenters. The number of hydrogen-bond donors (Lipinski definition) is 2. The van der Waals surface area contributed by atoms with Crippen molar-refractivity contribution in [3.63, 3.8) is 0 Å². The Morgan fingerprint density at radius 2 is 2.06 bits per heavy atom. The predicted octanol–water partition coefficient (Wildman–Crippen LogP) is 3.15. The predicted molar refractivity (Wildman–Crippen MR) is 71.0 cm³/mol. The van der Waals surface area contributed by atoms with Gasteiger partial charge in [-0.15, -0.1) is 0 Å². The Balaban J connectivity index is 2.23. The van der Waals surface area contributed by atoms with E-state index in [0.29, 0.717) is 11.5 Å². The summed E-state index contributed by atoms with van der Waals surface area (Å²) in [6.45, 7) is 0. The summed E-state index contributed by atoms with van der Waals surface area (Å²) < 4.78 is 13.7. The molecule has 0 aliphatic carbocycles. The standard InChI is InChI=1S/C11H9FIN3/c12-7-1-3-10(9(13)5-7)16-11-4-2-8(14)6-15-11/h1-6H,14H2,(H,15,16). The Morgan fingerprint density at radius 1 is 1.25 bits per heavy atom. The molecule has 2 rings (SSSR count). The first-order chi connectivity index (χ1) is 7.65. The first-order valence-corrected chi connectivity index (χ1v) is 5.66. The minimum Gasteiger partial charge on any atom is -0.397 e. The number of nitrogens with one attached hydrogen (secondary N) is 1. The monoisotopic (exact) mass is 329 g/mol. The van der Waals surface area contributed by atoms with Gasteiger partial charge in [-0.3, -0.25) is 0 Å². The molecule has 1 aromatic heterocycles. The van der Waals surface area contributed by atoms with Gasteiger partial charge >= 0.3 is 0 Å². The SMILES string of the molecule is Nc1ccc(Nc2ccc(F)cc2I)nc1. The van der Waals surface area contributed by atoms with Crippen LogP contribution in [-0.2, 0) is 0 Å². The minimum atomic E-state index is -0.250. The highest BCUT2D eigenvalue weighted by atomic mass is 127. The molecule has 0 aliphatic rings. The molecule has 0 saturated carbocycles. The second kappa shape index (κ2) is 4.65. The molecule has 1 aromatic carbocycles. The van der Waals surface area contributed by atoms with E-state index in [2.05, 4.69) is 32.9 Å². The van der Waals surface area contributed by atoms with Gasteiger partial charge in [0.25, 0.3) is 0 Å². The lowest BCUT2D eigenvalue weighted by atomic mass is 10.3. The molecular weight excluding hydrogens is 320 g/mol. The van der Waals surface area contributed by atoms with Crippen molar-refractivity contribution in [1.29, 1.82) is 0 Å². The van der Waals surface area contributed by atoms with Crippen LogP contribution in [0, 0.1) is 9.39 Å². The largest absolute Gasteiger partial charge is 0.397 e. The van der Waals surface area contributed by atoms with E-state index in [-0.39, 0.29) is 5.82 Å². The smallest absolute Gasteiger partial charge is 0.130 e. The van der Waals surface area contributed by atoms with E-state index in [0.717, 1.165) is 9.26 Å². The first kappa shape index (κ1) is 11.1. The van der Waals surface area contributed by atoms with Crippen molar-refractivity contribution in [3.8, 4) is 0 Å². The first-order valence-electron chi connectivity index (χ1n) is 4.59. The van der Waals surface area contributed by atoms with Crippen LogP contribution >= 0.6 is 22.6 Å². The van der Waals surface area contributed by atoms with Gasteiger partial charge in [0.05, 0.1) is 17.6 Å². The Hall–Kier alpha value is -1.37. The number of rotatable bonds is 2. The third-order valence-electron chi connectivity index (χ3n) is 1.98. The molecule has 0 fully saturated rings. The number of anilines is 3. The van der Waals surface area contributed by atoms with E-state index in [9.17, 15) is 4.39 Å². The fraction of sp³-hybridized carbons (Fsp3) is 0. The highest BCUT2D eigenvalue weighted by Crippen LogP contribution is 2.22. The molecule has 1 heterocycles. The molecule has 5 heteroatoms. The van der Waals surface area contributed by atoms with Crippen molar-refractivity contribution in [3.05, 3.63) is 45.9 Å². The van der Waals surface area contributed by atoms with Crippen LogP contribution in [0.5, 0.6) is 0 Å². The highest BCUT2D eigenvalue weighted by molar-refractivity contribution is 14.1. The van der Waals surface area contributed by atoms with E-state index in [1.807, 2.05) is 0 Å². The summed E-state index contributed by atoms with van der Waals surface area (Å²) in [4.78, 5) is 4.10. The van der Waals surface area contributed by atoms with E-state index in [4.69, 9.17) is 5.73 Å². The Bertz CT molecular complexity index is 499. The van der Waals surface area contributed by atoms with Gasteiger partial charge in [-0.25, -0.2) is 9.37 Å². The molecule has 3 nitrogen and oxygen atoms in total. The summed E-state index contributed by atoms with van der Waals surface area (Å²) in [5.41, 5.74) is 6.96. The van der Waals surface area contributed by atoms with Gasteiger partial charge in [0.1, 0.15) is 11.6 Å². The van der Waals surface area contributed by atoms with Crippen LogP contribution in [0.25, 0.3) is 0 Å². The molecule has 0 aliphatic heterocycles. The lowest BCUT2D eigenvalue weighted by Gasteiger charge is -2.07. The summed E-state index contributed by atoms with van der Waals surface area (Å²) in [7, 11) is 0. The van der Waals surface area contributed by atoms with Crippen LogP contribution in [0.3, 0.4) is 0 Å². The van der Waals surface area contributed by atoms with Crippen molar-refractivity contribution in [2.45, 2.75) is 0 Å². The van der Waals surface area contributed by atoms with Crippen molar-refractivity contribution >= 4 is 39.8 Å². The molecule has 3 N–H and O–H groups in total. The zero-order valence-electron chi connectivity index (χ0n) is 8.24.